The zero-order chi connectivity index (χ0) is 18.4. The van der Waals surface area contributed by atoms with Gasteiger partial charge < -0.3 is 19.5 Å². The summed E-state index contributed by atoms with van der Waals surface area (Å²) >= 11 is 0. The number of hydrogen-bond donors (Lipinski definition) is 1. The number of ether oxygens (including phenoxy) is 3. The van der Waals surface area contributed by atoms with E-state index in [4.69, 9.17) is 9.47 Å². The van der Waals surface area contributed by atoms with E-state index in [9.17, 15) is 18.0 Å². The number of carbonyl (C=O) groups is 1. The largest absolute Gasteiger partial charge is 0.573 e. The Morgan fingerprint density at radius 2 is 1.92 bits per heavy atom. The summed E-state index contributed by atoms with van der Waals surface area (Å²) in [4.78, 5) is 11.9. The Balaban J connectivity index is 2.91. The van der Waals surface area contributed by atoms with Gasteiger partial charge in [0.1, 0.15) is 5.75 Å². The first kappa shape index (κ1) is 20.1. The number of benzene rings is 1. The lowest BCUT2D eigenvalue weighted by atomic mass is 10.1. The summed E-state index contributed by atoms with van der Waals surface area (Å²) in [5, 5.41) is 2.62. The van der Waals surface area contributed by atoms with E-state index in [1.807, 2.05) is 0 Å². The second-order valence-corrected chi connectivity index (χ2v) is 6.05. The molecule has 0 spiro atoms. The first-order chi connectivity index (χ1) is 11.0. The summed E-state index contributed by atoms with van der Waals surface area (Å²) in [6, 6.07) is 5.27. The van der Waals surface area contributed by atoms with E-state index in [0.29, 0.717) is 12.2 Å². The van der Waals surface area contributed by atoms with Gasteiger partial charge in [0.15, 0.2) is 6.10 Å². The van der Waals surface area contributed by atoms with Gasteiger partial charge in [-0.2, -0.15) is 0 Å². The van der Waals surface area contributed by atoms with Gasteiger partial charge in [0.05, 0.1) is 6.61 Å². The van der Waals surface area contributed by atoms with E-state index in [0.717, 1.165) is 0 Å². The van der Waals surface area contributed by atoms with Crippen LogP contribution in [0, 0.1) is 0 Å². The average molecular weight is 349 g/mol. The van der Waals surface area contributed by atoms with Crippen LogP contribution in [-0.2, 0) is 9.47 Å². The molecule has 0 saturated heterocycles. The van der Waals surface area contributed by atoms with Gasteiger partial charge in [-0.05, 0) is 45.4 Å². The van der Waals surface area contributed by atoms with Gasteiger partial charge in [0, 0.05) is 12.1 Å². The van der Waals surface area contributed by atoms with Gasteiger partial charge in [-0.3, -0.25) is 0 Å². The van der Waals surface area contributed by atoms with Crippen LogP contribution in [-0.4, -0.2) is 31.2 Å². The summed E-state index contributed by atoms with van der Waals surface area (Å²) in [7, 11) is 0. The number of rotatable bonds is 6. The minimum atomic E-state index is -4.79. The highest BCUT2D eigenvalue weighted by Crippen LogP contribution is 2.27. The van der Waals surface area contributed by atoms with Gasteiger partial charge >= 0.3 is 12.5 Å². The second kappa shape index (κ2) is 8.23. The Bertz CT molecular complexity index is 541. The maximum absolute atomic E-state index is 12.3. The van der Waals surface area contributed by atoms with E-state index in [1.165, 1.54) is 24.3 Å². The SMILES string of the molecule is CCOC[C@H](OC(=O)NC(C)(C)C)c1cccc(OC(F)(F)F)c1. The molecule has 1 amide bonds. The molecule has 0 saturated carbocycles. The first-order valence-electron chi connectivity index (χ1n) is 7.42. The van der Waals surface area contributed by atoms with Gasteiger partial charge in [-0.1, -0.05) is 12.1 Å². The molecular weight excluding hydrogens is 327 g/mol. The van der Waals surface area contributed by atoms with Gasteiger partial charge in [0.25, 0.3) is 0 Å². The molecule has 0 unspecified atom stereocenters. The van der Waals surface area contributed by atoms with Crippen LogP contribution in [0.5, 0.6) is 5.75 Å². The number of amides is 1. The van der Waals surface area contributed by atoms with Crippen molar-refractivity contribution in [3.8, 4) is 5.75 Å². The number of nitrogens with one attached hydrogen (secondary N) is 1. The fourth-order valence-corrected chi connectivity index (χ4v) is 1.80. The molecule has 1 aromatic carbocycles. The maximum Gasteiger partial charge on any atom is 0.573 e. The quantitative estimate of drug-likeness (QED) is 0.837. The minimum Gasteiger partial charge on any atom is -0.439 e. The summed E-state index contributed by atoms with van der Waals surface area (Å²) in [6.07, 6.45) is -6.34. The van der Waals surface area contributed by atoms with Crippen molar-refractivity contribution in [2.75, 3.05) is 13.2 Å². The van der Waals surface area contributed by atoms with Crippen molar-refractivity contribution in [3.05, 3.63) is 29.8 Å². The Hall–Kier alpha value is -1.96. The fourth-order valence-electron chi connectivity index (χ4n) is 1.80. The number of halogens is 3. The molecule has 0 heterocycles. The normalized spacial score (nSPS) is 13.3. The van der Waals surface area contributed by atoms with Crippen molar-refractivity contribution in [2.24, 2.45) is 0 Å². The van der Waals surface area contributed by atoms with Crippen LogP contribution in [0.1, 0.15) is 39.4 Å². The van der Waals surface area contributed by atoms with Crippen molar-refractivity contribution in [2.45, 2.75) is 45.7 Å². The van der Waals surface area contributed by atoms with E-state index in [1.54, 1.807) is 27.7 Å². The third kappa shape index (κ3) is 8.05. The lowest BCUT2D eigenvalue weighted by Gasteiger charge is -2.24. The monoisotopic (exact) mass is 349 g/mol. The standard InChI is InChI=1S/C16H22F3NO4/c1-5-22-10-13(23-14(21)20-15(2,3)4)11-7-6-8-12(9-11)24-16(17,18)19/h6-9,13H,5,10H2,1-4H3,(H,20,21)/t13-/m0/s1. The summed E-state index contributed by atoms with van der Waals surface area (Å²) in [6.45, 7) is 7.50. The molecule has 0 radical (unpaired) electrons. The number of hydrogen-bond acceptors (Lipinski definition) is 4. The number of alkyl halides is 3. The van der Waals surface area contributed by atoms with Crippen molar-refractivity contribution >= 4 is 6.09 Å². The maximum atomic E-state index is 12.3. The van der Waals surface area contributed by atoms with Crippen LogP contribution < -0.4 is 10.1 Å². The molecule has 24 heavy (non-hydrogen) atoms. The van der Waals surface area contributed by atoms with Crippen molar-refractivity contribution < 1.29 is 32.2 Å². The molecule has 0 fully saturated rings. The fraction of sp³-hybridized carbons (Fsp3) is 0.562. The Morgan fingerprint density at radius 3 is 2.46 bits per heavy atom. The molecule has 136 valence electrons. The second-order valence-electron chi connectivity index (χ2n) is 6.05. The first-order valence-corrected chi connectivity index (χ1v) is 7.42. The molecule has 1 N–H and O–H groups in total. The molecule has 1 rings (SSSR count). The predicted molar refractivity (Wildman–Crippen MR) is 81.7 cm³/mol. The van der Waals surface area contributed by atoms with Crippen LogP contribution in [0.15, 0.2) is 24.3 Å². The van der Waals surface area contributed by atoms with Crippen molar-refractivity contribution in [3.63, 3.8) is 0 Å². The third-order valence-corrected chi connectivity index (χ3v) is 2.66. The van der Waals surface area contributed by atoms with Crippen LogP contribution >= 0.6 is 0 Å². The highest BCUT2D eigenvalue weighted by Gasteiger charge is 2.31. The molecule has 0 bridgehead atoms. The molecule has 8 heteroatoms. The molecule has 0 aliphatic heterocycles. The Labute approximate surface area is 139 Å². The Kier molecular flexibility index (Phi) is 6.89. The highest BCUT2D eigenvalue weighted by molar-refractivity contribution is 5.68. The Morgan fingerprint density at radius 1 is 1.25 bits per heavy atom. The van der Waals surface area contributed by atoms with Gasteiger partial charge in [-0.15, -0.1) is 13.2 Å². The molecule has 0 aliphatic rings. The van der Waals surface area contributed by atoms with Crippen LogP contribution in [0.2, 0.25) is 0 Å². The lowest BCUT2D eigenvalue weighted by Crippen LogP contribution is -2.41. The average Bonchev–Trinajstić information content (AvgIpc) is 2.39. The predicted octanol–water partition coefficient (Wildman–Crippen LogP) is 4.19. The van der Waals surface area contributed by atoms with Crippen LogP contribution in [0.25, 0.3) is 0 Å². The molecular formula is C16H22F3NO4. The zero-order valence-electron chi connectivity index (χ0n) is 14.1. The molecule has 0 aliphatic carbocycles. The summed E-state index contributed by atoms with van der Waals surface area (Å²) in [5.41, 5.74) is -0.164. The van der Waals surface area contributed by atoms with E-state index >= 15 is 0 Å². The molecule has 1 aromatic rings. The lowest BCUT2D eigenvalue weighted by molar-refractivity contribution is -0.274. The topological polar surface area (TPSA) is 56.8 Å². The van der Waals surface area contributed by atoms with Gasteiger partial charge in [-0.25, -0.2) is 4.79 Å². The summed E-state index contributed by atoms with van der Waals surface area (Å²) < 4.78 is 51.4. The number of alkyl carbamates (subject to hydrolysis) is 1. The molecule has 0 aromatic heterocycles. The zero-order valence-corrected chi connectivity index (χ0v) is 14.1. The smallest absolute Gasteiger partial charge is 0.439 e. The highest BCUT2D eigenvalue weighted by atomic mass is 19.4. The molecule has 5 nitrogen and oxygen atoms in total. The van der Waals surface area contributed by atoms with Crippen molar-refractivity contribution in [1.82, 2.24) is 5.32 Å². The third-order valence-electron chi connectivity index (χ3n) is 2.66. The number of carbonyl (C=O) groups excluding carboxylic acids is 1. The van der Waals surface area contributed by atoms with E-state index in [-0.39, 0.29) is 12.4 Å². The minimum absolute atomic E-state index is 0.0174. The van der Waals surface area contributed by atoms with Crippen molar-refractivity contribution in [1.29, 1.82) is 0 Å². The van der Waals surface area contributed by atoms with Crippen LogP contribution in [0.3, 0.4) is 0 Å². The van der Waals surface area contributed by atoms with Crippen LogP contribution in [0.4, 0.5) is 18.0 Å². The summed E-state index contributed by atoms with van der Waals surface area (Å²) in [5.74, 6) is -0.388. The molecule has 1 atom stereocenters. The van der Waals surface area contributed by atoms with E-state index < -0.39 is 24.1 Å². The van der Waals surface area contributed by atoms with E-state index in [2.05, 4.69) is 10.1 Å². The van der Waals surface area contributed by atoms with Gasteiger partial charge in [0.2, 0.25) is 0 Å².